The van der Waals surface area contributed by atoms with Crippen molar-refractivity contribution in [3.8, 4) is 0 Å². The van der Waals surface area contributed by atoms with E-state index in [4.69, 9.17) is 4.74 Å². The molecule has 1 heterocycles. The lowest BCUT2D eigenvalue weighted by atomic mass is 9.72. The van der Waals surface area contributed by atoms with Crippen LogP contribution in [-0.4, -0.2) is 18.7 Å². The Morgan fingerprint density at radius 2 is 2.06 bits per heavy atom. The highest BCUT2D eigenvalue weighted by Gasteiger charge is 2.46. The summed E-state index contributed by atoms with van der Waals surface area (Å²) in [6.07, 6.45) is 10.7. The highest BCUT2D eigenvalue weighted by Crippen LogP contribution is 2.46. The molecule has 0 aromatic carbocycles. The van der Waals surface area contributed by atoms with Crippen molar-refractivity contribution in [2.75, 3.05) is 7.05 Å². The Hall–Kier alpha value is -1.02. The predicted octanol–water partition coefficient (Wildman–Crippen LogP) is 3.96. The zero-order chi connectivity index (χ0) is 13.6. The lowest BCUT2D eigenvalue weighted by Gasteiger charge is -2.49. The Labute approximate surface area is 112 Å². The largest absolute Gasteiger partial charge is 0.487 e. The molecule has 0 bridgehead atoms. The first kappa shape index (κ1) is 15.0. The van der Waals surface area contributed by atoms with E-state index in [1.54, 1.807) is 0 Å². The molecule has 1 saturated carbocycles. The Balaban J connectivity index is 0.000000771. The van der Waals surface area contributed by atoms with Crippen LogP contribution in [0.4, 0.5) is 0 Å². The molecule has 0 aromatic heterocycles. The Morgan fingerprint density at radius 1 is 1.39 bits per heavy atom. The van der Waals surface area contributed by atoms with Gasteiger partial charge in [-0.15, -0.1) is 0 Å². The van der Waals surface area contributed by atoms with Gasteiger partial charge in [0.05, 0.1) is 0 Å². The van der Waals surface area contributed by atoms with Gasteiger partial charge in [-0.25, -0.2) is 0 Å². The number of allylic oxidation sites excluding steroid dienone is 3. The lowest BCUT2D eigenvalue weighted by molar-refractivity contribution is -0.0835. The van der Waals surface area contributed by atoms with Crippen molar-refractivity contribution in [1.82, 2.24) is 5.32 Å². The fraction of sp³-hybridized carbons (Fsp3) is 0.625. The van der Waals surface area contributed by atoms with Crippen molar-refractivity contribution in [2.45, 2.75) is 58.1 Å². The summed E-state index contributed by atoms with van der Waals surface area (Å²) in [5.74, 6) is 1.03. The standard InChI is InChI=1S/C14H21NO.C2H6/c1-4-7-11-12(15-3)10-14(8-6-9-14)16-13(11)5-2;1-2/h4-5,7,12,15H,1,6,8-10H2,2-3H3;1-2H3/b11-7-,13-5+;. The Morgan fingerprint density at radius 3 is 2.44 bits per heavy atom. The molecule has 18 heavy (non-hydrogen) atoms. The highest BCUT2D eigenvalue weighted by atomic mass is 16.5. The summed E-state index contributed by atoms with van der Waals surface area (Å²) in [7, 11) is 2.02. The molecular weight excluding hydrogens is 222 g/mol. The minimum Gasteiger partial charge on any atom is -0.487 e. The topological polar surface area (TPSA) is 21.3 Å². The Bertz CT molecular complexity index is 337. The highest BCUT2D eigenvalue weighted by molar-refractivity contribution is 5.37. The molecule has 1 aliphatic heterocycles. The van der Waals surface area contributed by atoms with Crippen LogP contribution in [0, 0.1) is 0 Å². The third kappa shape index (κ3) is 2.86. The summed E-state index contributed by atoms with van der Waals surface area (Å²) in [4.78, 5) is 0. The van der Waals surface area contributed by atoms with E-state index in [2.05, 4.69) is 24.0 Å². The first-order valence-corrected chi connectivity index (χ1v) is 7.10. The molecule has 2 nitrogen and oxygen atoms in total. The van der Waals surface area contributed by atoms with Crippen molar-refractivity contribution in [2.24, 2.45) is 0 Å². The van der Waals surface area contributed by atoms with Crippen LogP contribution in [0.15, 0.2) is 36.1 Å². The Kier molecular flexibility index (Phi) is 5.67. The van der Waals surface area contributed by atoms with Gasteiger partial charge in [-0.05, 0) is 39.3 Å². The number of hydrogen-bond donors (Lipinski definition) is 1. The maximum absolute atomic E-state index is 6.16. The molecule has 0 aromatic rings. The van der Waals surface area contributed by atoms with Crippen LogP contribution < -0.4 is 5.32 Å². The lowest BCUT2D eigenvalue weighted by Crippen LogP contribution is -2.50. The fourth-order valence-electron chi connectivity index (χ4n) is 2.67. The first-order chi connectivity index (χ1) is 8.74. The number of hydrogen-bond acceptors (Lipinski definition) is 2. The van der Waals surface area contributed by atoms with Crippen molar-refractivity contribution >= 4 is 0 Å². The zero-order valence-electron chi connectivity index (χ0n) is 12.3. The number of rotatable bonds is 2. The molecule has 2 fully saturated rings. The summed E-state index contributed by atoms with van der Waals surface area (Å²) < 4.78 is 6.16. The maximum Gasteiger partial charge on any atom is 0.120 e. The van der Waals surface area contributed by atoms with E-state index in [1.807, 2.05) is 33.9 Å². The number of ether oxygens (including phenoxy) is 1. The molecule has 1 aliphatic carbocycles. The average Bonchev–Trinajstić information content (AvgIpc) is 2.39. The summed E-state index contributed by atoms with van der Waals surface area (Å²) in [5, 5.41) is 3.39. The van der Waals surface area contributed by atoms with Gasteiger partial charge in [-0.1, -0.05) is 32.6 Å². The molecule has 1 saturated heterocycles. The van der Waals surface area contributed by atoms with Gasteiger partial charge in [0, 0.05) is 18.0 Å². The van der Waals surface area contributed by atoms with Gasteiger partial charge < -0.3 is 10.1 Å². The SMILES string of the molecule is C=C/C=C1\C(=C/C)OC2(CCC2)CC1NC.CC. The second-order valence-electron chi connectivity index (χ2n) is 4.69. The van der Waals surface area contributed by atoms with Crippen LogP contribution in [0.2, 0.25) is 0 Å². The van der Waals surface area contributed by atoms with E-state index in [0.29, 0.717) is 6.04 Å². The van der Waals surface area contributed by atoms with E-state index < -0.39 is 0 Å². The van der Waals surface area contributed by atoms with Gasteiger partial charge in [0.1, 0.15) is 11.4 Å². The van der Waals surface area contributed by atoms with Crippen molar-refractivity contribution in [3.63, 3.8) is 0 Å². The number of likely N-dealkylation sites (N-methyl/N-ethyl adjacent to an activating group) is 1. The van der Waals surface area contributed by atoms with Crippen LogP contribution in [0.25, 0.3) is 0 Å². The van der Waals surface area contributed by atoms with Crippen molar-refractivity contribution < 1.29 is 4.74 Å². The second-order valence-corrected chi connectivity index (χ2v) is 4.69. The monoisotopic (exact) mass is 249 g/mol. The molecule has 1 atom stereocenters. The fourth-order valence-corrected chi connectivity index (χ4v) is 2.67. The minimum atomic E-state index is 0.119. The second kappa shape index (κ2) is 6.79. The van der Waals surface area contributed by atoms with Crippen LogP contribution in [0.1, 0.15) is 46.5 Å². The van der Waals surface area contributed by atoms with E-state index in [-0.39, 0.29) is 5.60 Å². The number of nitrogens with one attached hydrogen (secondary N) is 1. The smallest absolute Gasteiger partial charge is 0.120 e. The zero-order valence-corrected chi connectivity index (χ0v) is 12.3. The van der Waals surface area contributed by atoms with E-state index in [1.165, 1.54) is 24.8 Å². The molecule has 1 unspecified atom stereocenters. The summed E-state index contributed by atoms with van der Waals surface area (Å²) in [5.41, 5.74) is 1.35. The molecule has 2 aliphatic rings. The van der Waals surface area contributed by atoms with Gasteiger partial charge in [0.25, 0.3) is 0 Å². The molecular formula is C16H27NO. The van der Waals surface area contributed by atoms with Gasteiger partial charge in [0.15, 0.2) is 0 Å². The average molecular weight is 249 g/mol. The van der Waals surface area contributed by atoms with Crippen molar-refractivity contribution in [1.29, 1.82) is 0 Å². The van der Waals surface area contributed by atoms with Gasteiger partial charge in [-0.2, -0.15) is 0 Å². The van der Waals surface area contributed by atoms with Crippen LogP contribution in [0.3, 0.4) is 0 Å². The molecule has 1 N–H and O–H groups in total. The van der Waals surface area contributed by atoms with Crippen LogP contribution >= 0.6 is 0 Å². The molecule has 2 heteroatoms. The molecule has 0 radical (unpaired) electrons. The van der Waals surface area contributed by atoms with Gasteiger partial charge in [0.2, 0.25) is 0 Å². The first-order valence-electron chi connectivity index (χ1n) is 7.10. The third-order valence-corrected chi connectivity index (χ3v) is 3.74. The van der Waals surface area contributed by atoms with E-state index in [9.17, 15) is 0 Å². The van der Waals surface area contributed by atoms with Crippen LogP contribution in [0.5, 0.6) is 0 Å². The quantitative estimate of drug-likeness (QED) is 0.800. The summed E-state index contributed by atoms with van der Waals surface area (Å²) >= 11 is 0. The summed E-state index contributed by atoms with van der Waals surface area (Å²) in [6.45, 7) is 9.81. The van der Waals surface area contributed by atoms with Gasteiger partial charge in [-0.3, -0.25) is 0 Å². The van der Waals surface area contributed by atoms with E-state index >= 15 is 0 Å². The minimum absolute atomic E-state index is 0.119. The molecule has 0 amide bonds. The maximum atomic E-state index is 6.16. The van der Waals surface area contributed by atoms with Crippen molar-refractivity contribution in [3.05, 3.63) is 36.1 Å². The molecule has 2 rings (SSSR count). The predicted molar refractivity (Wildman–Crippen MR) is 78.5 cm³/mol. The molecule has 1 spiro atoms. The normalized spacial score (nSPS) is 29.2. The third-order valence-electron chi connectivity index (χ3n) is 3.74. The van der Waals surface area contributed by atoms with Crippen LogP contribution in [-0.2, 0) is 4.74 Å². The molecule has 102 valence electrons. The van der Waals surface area contributed by atoms with Gasteiger partial charge >= 0.3 is 0 Å². The summed E-state index contributed by atoms with van der Waals surface area (Å²) in [6, 6.07) is 0.401. The van der Waals surface area contributed by atoms with E-state index in [0.717, 1.165) is 12.2 Å².